The van der Waals surface area contributed by atoms with Crippen LogP contribution in [0.5, 0.6) is 5.75 Å². The molecular weight excluding hydrogens is 424 g/mol. The van der Waals surface area contributed by atoms with Gasteiger partial charge in [0.25, 0.3) is 0 Å². The largest absolute Gasteiger partial charge is 0.490 e. The highest BCUT2D eigenvalue weighted by molar-refractivity contribution is 7.89. The van der Waals surface area contributed by atoms with E-state index in [4.69, 9.17) is 4.74 Å². The van der Waals surface area contributed by atoms with Gasteiger partial charge in [-0.2, -0.15) is 4.31 Å². The third-order valence-electron chi connectivity index (χ3n) is 6.48. The molecule has 2 aliphatic rings. The van der Waals surface area contributed by atoms with Gasteiger partial charge in [-0.1, -0.05) is 36.8 Å². The van der Waals surface area contributed by atoms with Crippen molar-refractivity contribution in [3.8, 4) is 5.75 Å². The summed E-state index contributed by atoms with van der Waals surface area (Å²) >= 11 is 0. The SMILES string of the molecule is Cc1ccc(C)c(OC2CCN(C(=O)C3CCCCN3S(=O)(=O)c3ccccc3)CC2)c1. The molecule has 0 aliphatic carbocycles. The smallest absolute Gasteiger partial charge is 0.243 e. The number of piperidine rings is 2. The first-order chi connectivity index (χ1) is 15.4. The van der Waals surface area contributed by atoms with E-state index in [1.807, 2.05) is 18.7 Å². The molecule has 0 bridgehead atoms. The van der Waals surface area contributed by atoms with Crippen molar-refractivity contribution in [3.63, 3.8) is 0 Å². The average Bonchev–Trinajstić information content (AvgIpc) is 2.82. The van der Waals surface area contributed by atoms with Crippen LogP contribution in [0.1, 0.15) is 43.2 Å². The molecule has 0 spiro atoms. The van der Waals surface area contributed by atoms with E-state index < -0.39 is 16.1 Å². The Morgan fingerprint density at radius 1 is 0.938 bits per heavy atom. The van der Waals surface area contributed by atoms with Crippen LogP contribution in [-0.2, 0) is 14.8 Å². The fourth-order valence-corrected chi connectivity index (χ4v) is 6.26. The van der Waals surface area contributed by atoms with Crippen molar-refractivity contribution >= 4 is 15.9 Å². The number of ether oxygens (including phenoxy) is 1. The van der Waals surface area contributed by atoms with E-state index in [9.17, 15) is 13.2 Å². The number of amides is 1. The number of benzene rings is 2. The lowest BCUT2D eigenvalue weighted by Gasteiger charge is -2.39. The van der Waals surface area contributed by atoms with Gasteiger partial charge in [0.15, 0.2) is 0 Å². The molecule has 2 fully saturated rings. The van der Waals surface area contributed by atoms with E-state index in [1.165, 1.54) is 4.31 Å². The Morgan fingerprint density at radius 3 is 2.38 bits per heavy atom. The molecule has 2 saturated heterocycles. The monoisotopic (exact) mass is 456 g/mol. The Balaban J connectivity index is 1.42. The summed E-state index contributed by atoms with van der Waals surface area (Å²) in [6.45, 7) is 5.65. The summed E-state index contributed by atoms with van der Waals surface area (Å²) in [6, 6.07) is 14.0. The van der Waals surface area contributed by atoms with Crippen LogP contribution in [0.4, 0.5) is 0 Å². The zero-order chi connectivity index (χ0) is 22.7. The highest BCUT2D eigenvalue weighted by Gasteiger charge is 2.40. The Hall–Kier alpha value is -2.38. The molecule has 2 aromatic rings. The van der Waals surface area contributed by atoms with Crippen LogP contribution in [0, 0.1) is 13.8 Å². The average molecular weight is 457 g/mol. The highest BCUT2D eigenvalue weighted by Crippen LogP contribution is 2.28. The minimum atomic E-state index is -3.69. The predicted octanol–water partition coefficient (Wildman–Crippen LogP) is 3.92. The normalized spacial score (nSPS) is 20.8. The van der Waals surface area contributed by atoms with Crippen LogP contribution in [-0.4, -0.2) is 55.3 Å². The van der Waals surface area contributed by atoms with Gasteiger partial charge in [-0.25, -0.2) is 8.42 Å². The van der Waals surface area contributed by atoms with Crippen molar-refractivity contribution < 1.29 is 17.9 Å². The molecule has 2 heterocycles. The summed E-state index contributed by atoms with van der Waals surface area (Å²) < 4.78 is 34.1. The highest BCUT2D eigenvalue weighted by atomic mass is 32.2. The Morgan fingerprint density at radius 2 is 1.66 bits per heavy atom. The molecule has 1 atom stereocenters. The molecule has 1 unspecified atom stereocenters. The summed E-state index contributed by atoms with van der Waals surface area (Å²) in [4.78, 5) is 15.5. The lowest BCUT2D eigenvalue weighted by atomic mass is 10.0. The second-order valence-electron chi connectivity index (χ2n) is 8.85. The number of likely N-dealkylation sites (tertiary alicyclic amines) is 1. The van der Waals surface area contributed by atoms with Gasteiger partial charge in [-0.15, -0.1) is 0 Å². The van der Waals surface area contributed by atoms with Crippen molar-refractivity contribution in [3.05, 3.63) is 59.7 Å². The second-order valence-corrected chi connectivity index (χ2v) is 10.7. The number of nitrogens with zero attached hydrogens (tertiary/aromatic N) is 2. The lowest BCUT2D eigenvalue weighted by molar-refractivity contribution is -0.138. The molecule has 2 aliphatic heterocycles. The molecule has 0 radical (unpaired) electrons. The predicted molar refractivity (Wildman–Crippen MR) is 124 cm³/mol. The number of hydrogen-bond acceptors (Lipinski definition) is 4. The van der Waals surface area contributed by atoms with Crippen LogP contribution in [0.25, 0.3) is 0 Å². The minimum absolute atomic E-state index is 0.0649. The van der Waals surface area contributed by atoms with E-state index in [0.717, 1.165) is 42.6 Å². The fourth-order valence-electron chi connectivity index (χ4n) is 4.59. The van der Waals surface area contributed by atoms with E-state index in [-0.39, 0.29) is 16.9 Å². The molecule has 7 heteroatoms. The van der Waals surface area contributed by atoms with Gasteiger partial charge in [0.1, 0.15) is 17.9 Å². The van der Waals surface area contributed by atoms with Crippen molar-refractivity contribution in [2.75, 3.05) is 19.6 Å². The third-order valence-corrected chi connectivity index (χ3v) is 8.40. The Bertz CT molecular complexity index is 1050. The van der Waals surface area contributed by atoms with Crippen LogP contribution in [0.3, 0.4) is 0 Å². The van der Waals surface area contributed by atoms with Gasteiger partial charge in [0, 0.05) is 32.5 Å². The number of carbonyl (C=O) groups excluding carboxylic acids is 1. The minimum Gasteiger partial charge on any atom is -0.490 e. The molecule has 0 aromatic heterocycles. The van der Waals surface area contributed by atoms with Crippen LogP contribution in [0.2, 0.25) is 0 Å². The maximum atomic E-state index is 13.4. The van der Waals surface area contributed by atoms with Crippen molar-refractivity contribution in [1.82, 2.24) is 9.21 Å². The molecule has 4 rings (SSSR count). The van der Waals surface area contributed by atoms with Gasteiger partial charge < -0.3 is 9.64 Å². The zero-order valence-electron chi connectivity index (χ0n) is 18.9. The van der Waals surface area contributed by atoms with Crippen molar-refractivity contribution in [1.29, 1.82) is 0 Å². The number of sulfonamides is 1. The summed E-state index contributed by atoms with van der Waals surface area (Å²) in [5, 5.41) is 0. The first-order valence-electron chi connectivity index (χ1n) is 11.5. The lowest BCUT2D eigenvalue weighted by Crippen LogP contribution is -2.54. The summed E-state index contributed by atoms with van der Waals surface area (Å²) in [5.41, 5.74) is 2.27. The number of aryl methyl sites for hydroxylation is 2. The maximum absolute atomic E-state index is 13.4. The van der Waals surface area contributed by atoms with E-state index >= 15 is 0 Å². The van der Waals surface area contributed by atoms with Gasteiger partial charge >= 0.3 is 0 Å². The first-order valence-corrected chi connectivity index (χ1v) is 12.9. The molecule has 0 N–H and O–H groups in total. The summed E-state index contributed by atoms with van der Waals surface area (Å²) in [5.74, 6) is 0.830. The van der Waals surface area contributed by atoms with E-state index in [0.29, 0.717) is 26.1 Å². The Kier molecular flexibility index (Phi) is 6.86. The van der Waals surface area contributed by atoms with Crippen molar-refractivity contribution in [2.45, 2.75) is 63.0 Å². The van der Waals surface area contributed by atoms with Gasteiger partial charge in [0.2, 0.25) is 15.9 Å². The number of carbonyl (C=O) groups is 1. The molecule has 0 saturated carbocycles. The Labute approximate surface area is 191 Å². The number of hydrogen-bond donors (Lipinski definition) is 0. The van der Waals surface area contributed by atoms with Gasteiger partial charge in [-0.3, -0.25) is 4.79 Å². The topological polar surface area (TPSA) is 66.9 Å². The first kappa shape index (κ1) is 22.8. The summed E-state index contributed by atoms with van der Waals surface area (Å²) in [6.07, 6.45) is 3.78. The van der Waals surface area contributed by atoms with Crippen molar-refractivity contribution in [2.24, 2.45) is 0 Å². The fraction of sp³-hybridized carbons (Fsp3) is 0.480. The second kappa shape index (κ2) is 9.63. The van der Waals surface area contributed by atoms with Crippen LogP contribution >= 0.6 is 0 Å². The molecule has 2 aromatic carbocycles. The van der Waals surface area contributed by atoms with Gasteiger partial charge in [0.05, 0.1) is 4.90 Å². The number of rotatable bonds is 5. The molecule has 6 nitrogen and oxygen atoms in total. The standard InChI is InChI=1S/C25H32N2O4S/c1-19-11-12-20(2)24(18-19)31-21-13-16-26(17-14-21)25(28)23-10-6-7-15-27(23)32(29,30)22-8-4-3-5-9-22/h3-5,8-9,11-12,18,21,23H,6-7,10,13-17H2,1-2H3. The van der Waals surface area contributed by atoms with Crippen LogP contribution in [0.15, 0.2) is 53.4 Å². The quantitative estimate of drug-likeness (QED) is 0.684. The van der Waals surface area contributed by atoms with Crippen LogP contribution < -0.4 is 4.74 Å². The maximum Gasteiger partial charge on any atom is 0.243 e. The molecule has 32 heavy (non-hydrogen) atoms. The summed E-state index contributed by atoms with van der Waals surface area (Å²) in [7, 11) is -3.69. The van der Waals surface area contributed by atoms with E-state index in [1.54, 1.807) is 30.3 Å². The zero-order valence-corrected chi connectivity index (χ0v) is 19.7. The van der Waals surface area contributed by atoms with E-state index in [2.05, 4.69) is 18.2 Å². The third kappa shape index (κ3) is 4.84. The molecule has 172 valence electrons. The molecular formula is C25H32N2O4S. The van der Waals surface area contributed by atoms with Gasteiger partial charge in [-0.05, 0) is 56.0 Å². The molecule has 1 amide bonds.